The van der Waals surface area contributed by atoms with E-state index in [2.05, 4.69) is 13.0 Å². The van der Waals surface area contributed by atoms with Gasteiger partial charge >= 0.3 is 0 Å². The molecule has 0 amide bonds. The Morgan fingerprint density at radius 2 is 1.88 bits per heavy atom. The Balaban J connectivity index is 1.79. The van der Waals surface area contributed by atoms with E-state index in [1.54, 1.807) is 14.2 Å². The van der Waals surface area contributed by atoms with Gasteiger partial charge in [-0.3, -0.25) is 4.79 Å². The maximum atomic E-state index is 12.4. The molecular weight excluding hydrogens is 428 g/mol. The highest BCUT2D eigenvalue weighted by atomic mass is 16.6. The van der Waals surface area contributed by atoms with E-state index in [0.717, 1.165) is 59.5 Å². The van der Waals surface area contributed by atoms with Gasteiger partial charge in [0.05, 0.1) is 32.0 Å². The first-order valence-electron chi connectivity index (χ1n) is 12.4. The standard InChI is InChI=1S/C29H44O5/c1-19(10-9-11-21(3)26(31)18-27-29(5,6)34-27)14-24(30)15-20(2)12-13-23-17-25(32-7)16-22(4)28(23)33-8/h12,14,16-17,21,24,27,30H,9-11,13,15,18H2,1-8H3. The molecule has 34 heavy (non-hydrogen) atoms. The number of aliphatic hydroxyl groups excluding tert-OH is 1. The molecule has 5 nitrogen and oxygen atoms in total. The topological polar surface area (TPSA) is 68.3 Å². The number of aryl methyl sites for hydroxylation is 1. The molecule has 5 heteroatoms. The normalized spacial score (nSPS) is 19.5. The molecule has 3 atom stereocenters. The predicted molar refractivity (Wildman–Crippen MR) is 138 cm³/mol. The van der Waals surface area contributed by atoms with Crippen molar-refractivity contribution in [2.75, 3.05) is 14.2 Å². The molecule has 1 saturated heterocycles. The number of ketones is 1. The summed E-state index contributed by atoms with van der Waals surface area (Å²) in [5.74, 6) is 2.04. The molecule has 0 bridgehead atoms. The molecule has 0 aromatic heterocycles. The van der Waals surface area contributed by atoms with Crippen molar-refractivity contribution in [3.05, 3.63) is 46.6 Å². The van der Waals surface area contributed by atoms with Crippen molar-refractivity contribution in [1.82, 2.24) is 0 Å². The third kappa shape index (κ3) is 8.59. The number of carbonyl (C=O) groups is 1. The van der Waals surface area contributed by atoms with Crippen molar-refractivity contribution in [2.24, 2.45) is 5.92 Å². The van der Waals surface area contributed by atoms with E-state index < -0.39 is 6.10 Å². The molecular formula is C29H44O5. The lowest BCUT2D eigenvalue weighted by molar-refractivity contribution is -0.122. The van der Waals surface area contributed by atoms with Crippen molar-refractivity contribution in [2.45, 2.75) is 97.9 Å². The second-order valence-electron chi connectivity index (χ2n) is 10.3. The maximum Gasteiger partial charge on any atom is 0.138 e. The van der Waals surface area contributed by atoms with Crippen molar-refractivity contribution < 1.29 is 24.1 Å². The van der Waals surface area contributed by atoms with Crippen LogP contribution in [0, 0.1) is 12.8 Å². The van der Waals surface area contributed by atoms with Gasteiger partial charge in [-0.25, -0.2) is 0 Å². The Morgan fingerprint density at radius 3 is 2.47 bits per heavy atom. The Bertz CT molecular complexity index is 896. The van der Waals surface area contributed by atoms with E-state index >= 15 is 0 Å². The molecule has 1 N–H and O–H groups in total. The van der Waals surface area contributed by atoms with Gasteiger partial charge in [-0.2, -0.15) is 0 Å². The maximum absolute atomic E-state index is 12.4. The number of allylic oxidation sites excluding steroid dienone is 2. The Labute approximate surface area is 206 Å². The van der Waals surface area contributed by atoms with Crippen molar-refractivity contribution in [3.63, 3.8) is 0 Å². The van der Waals surface area contributed by atoms with Gasteiger partial charge in [0.25, 0.3) is 0 Å². The van der Waals surface area contributed by atoms with E-state index in [1.807, 2.05) is 52.8 Å². The number of epoxide rings is 1. The second kappa shape index (κ2) is 12.6. The number of Topliss-reactive ketones (excluding diaryl/α,β-unsaturated/α-hetero) is 1. The average molecular weight is 473 g/mol. The zero-order valence-corrected chi connectivity index (χ0v) is 22.4. The largest absolute Gasteiger partial charge is 0.497 e. The Morgan fingerprint density at radius 1 is 1.21 bits per heavy atom. The van der Waals surface area contributed by atoms with Crippen molar-refractivity contribution >= 4 is 5.78 Å². The number of aliphatic hydroxyl groups is 1. The van der Waals surface area contributed by atoms with E-state index in [-0.39, 0.29) is 17.6 Å². The summed E-state index contributed by atoms with van der Waals surface area (Å²) in [7, 11) is 3.35. The van der Waals surface area contributed by atoms with Crippen LogP contribution in [0.1, 0.15) is 77.8 Å². The van der Waals surface area contributed by atoms with Gasteiger partial charge in [0.15, 0.2) is 0 Å². The fraction of sp³-hybridized carbons (Fsp3) is 0.621. The fourth-order valence-corrected chi connectivity index (χ4v) is 4.39. The molecule has 0 aliphatic carbocycles. The lowest BCUT2D eigenvalue weighted by Crippen LogP contribution is -2.16. The molecule has 0 saturated carbocycles. The van der Waals surface area contributed by atoms with Crippen LogP contribution >= 0.6 is 0 Å². The summed E-state index contributed by atoms with van der Waals surface area (Å²) in [6.07, 6.45) is 8.20. The minimum atomic E-state index is -0.515. The number of ether oxygens (including phenoxy) is 3. The van der Waals surface area contributed by atoms with Crippen LogP contribution in [0.2, 0.25) is 0 Å². The number of benzene rings is 1. The molecule has 1 aromatic carbocycles. The van der Waals surface area contributed by atoms with Crippen LogP contribution in [0.3, 0.4) is 0 Å². The van der Waals surface area contributed by atoms with E-state index in [4.69, 9.17) is 14.2 Å². The van der Waals surface area contributed by atoms with Crippen LogP contribution in [0.4, 0.5) is 0 Å². The molecule has 1 aliphatic rings. The number of hydrogen-bond donors (Lipinski definition) is 1. The van der Waals surface area contributed by atoms with Crippen LogP contribution < -0.4 is 9.47 Å². The highest BCUT2D eigenvalue weighted by molar-refractivity contribution is 5.81. The number of hydrogen-bond acceptors (Lipinski definition) is 5. The van der Waals surface area contributed by atoms with Crippen molar-refractivity contribution in [3.8, 4) is 11.5 Å². The Hall–Kier alpha value is -2.11. The molecule has 0 radical (unpaired) electrons. The van der Waals surface area contributed by atoms with Crippen LogP contribution in [0.15, 0.2) is 35.4 Å². The minimum Gasteiger partial charge on any atom is -0.497 e. The van der Waals surface area contributed by atoms with E-state index in [0.29, 0.717) is 18.6 Å². The van der Waals surface area contributed by atoms with Crippen molar-refractivity contribution in [1.29, 1.82) is 0 Å². The molecule has 3 unspecified atom stereocenters. The van der Waals surface area contributed by atoms with E-state index in [9.17, 15) is 9.90 Å². The van der Waals surface area contributed by atoms with Gasteiger partial charge in [0, 0.05) is 17.9 Å². The summed E-state index contributed by atoms with van der Waals surface area (Å²) >= 11 is 0. The first-order chi connectivity index (χ1) is 16.0. The zero-order chi connectivity index (χ0) is 25.5. The summed E-state index contributed by atoms with van der Waals surface area (Å²) in [6.45, 7) is 12.2. The molecule has 0 spiro atoms. The number of methoxy groups -OCH3 is 2. The first kappa shape index (κ1) is 28.1. The van der Waals surface area contributed by atoms with Crippen LogP contribution in [0.5, 0.6) is 11.5 Å². The van der Waals surface area contributed by atoms with Crippen LogP contribution in [0.25, 0.3) is 0 Å². The predicted octanol–water partition coefficient (Wildman–Crippen LogP) is 6.14. The lowest BCUT2D eigenvalue weighted by Gasteiger charge is -2.13. The first-order valence-corrected chi connectivity index (χ1v) is 12.4. The molecule has 2 rings (SSSR count). The second-order valence-corrected chi connectivity index (χ2v) is 10.3. The van der Waals surface area contributed by atoms with E-state index in [1.165, 1.54) is 0 Å². The SMILES string of the molecule is COc1cc(C)c(OC)c(CC=C(C)CC(O)C=C(C)CCCC(C)C(=O)CC2OC2(C)C)c1. The van der Waals surface area contributed by atoms with Gasteiger partial charge in [0.1, 0.15) is 17.3 Å². The third-order valence-corrected chi connectivity index (χ3v) is 6.75. The monoisotopic (exact) mass is 472 g/mol. The summed E-state index contributed by atoms with van der Waals surface area (Å²) in [5.41, 5.74) is 4.28. The molecule has 190 valence electrons. The summed E-state index contributed by atoms with van der Waals surface area (Å²) in [5, 5.41) is 10.5. The molecule has 1 fully saturated rings. The molecule has 1 heterocycles. The number of rotatable bonds is 14. The van der Waals surface area contributed by atoms with Gasteiger partial charge in [0.2, 0.25) is 0 Å². The lowest BCUT2D eigenvalue weighted by atomic mass is 9.93. The average Bonchev–Trinajstić information content (AvgIpc) is 3.36. The summed E-state index contributed by atoms with van der Waals surface area (Å²) in [4.78, 5) is 12.4. The van der Waals surface area contributed by atoms with Gasteiger partial charge < -0.3 is 19.3 Å². The smallest absolute Gasteiger partial charge is 0.138 e. The third-order valence-electron chi connectivity index (χ3n) is 6.75. The zero-order valence-electron chi connectivity index (χ0n) is 22.4. The van der Waals surface area contributed by atoms with Gasteiger partial charge in [-0.1, -0.05) is 30.2 Å². The summed E-state index contributed by atoms with van der Waals surface area (Å²) in [6, 6.07) is 3.97. The number of carbonyl (C=O) groups excluding carboxylic acids is 1. The fourth-order valence-electron chi connectivity index (χ4n) is 4.39. The molecule has 1 aromatic rings. The highest BCUT2D eigenvalue weighted by Crippen LogP contribution is 2.38. The van der Waals surface area contributed by atoms with Crippen LogP contribution in [-0.2, 0) is 16.0 Å². The molecule has 1 aliphatic heterocycles. The quantitative estimate of drug-likeness (QED) is 0.260. The Kier molecular flexibility index (Phi) is 10.4. The summed E-state index contributed by atoms with van der Waals surface area (Å²) < 4.78 is 16.5. The van der Waals surface area contributed by atoms with Crippen LogP contribution in [-0.4, -0.2) is 42.9 Å². The minimum absolute atomic E-state index is 0.0557. The van der Waals surface area contributed by atoms with Gasteiger partial charge in [-0.05, 0) is 84.4 Å². The van der Waals surface area contributed by atoms with Gasteiger partial charge in [-0.15, -0.1) is 0 Å². The highest BCUT2D eigenvalue weighted by Gasteiger charge is 2.48.